The molecule has 2 aliphatic heterocycles. The zero-order chi connectivity index (χ0) is 20.2. The summed E-state index contributed by atoms with van der Waals surface area (Å²) in [5.74, 6) is 1.13. The minimum Gasteiger partial charge on any atom is -0.492 e. The molecule has 0 amide bonds. The molecule has 1 saturated heterocycles. The minimum atomic E-state index is -0.754. The molecule has 4 aliphatic rings. The average Bonchev–Trinajstić information content (AvgIpc) is 3.40. The predicted octanol–water partition coefficient (Wildman–Crippen LogP) is 5.01. The number of benzene rings is 1. The Labute approximate surface area is 181 Å². The molecule has 29 heavy (non-hydrogen) atoms. The quantitative estimate of drug-likeness (QED) is 0.724. The van der Waals surface area contributed by atoms with Gasteiger partial charge in [-0.1, -0.05) is 41.4 Å². The summed E-state index contributed by atoms with van der Waals surface area (Å²) in [6.07, 6.45) is 6.89. The van der Waals surface area contributed by atoms with Gasteiger partial charge in [-0.25, -0.2) is 0 Å². The summed E-state index contributed by atoms with van der Waals surface area (Å²) < 4.78 is 6.14. The van der Waals surface area contributed by atoms with Crippen LogP contribution in [0.3, 0.4) is 0 Å². The zero-order valence-electron chi connectivity index (χ0n) is 16.3. The number of halogens is 2. The molecule has 1 saturated carbocycles. The average molecular weight is 434 g/mol. The molecule has 4 nitrogen and oxygen atoms in total. The smallest absolute Gasteiger partial charge is 0.317 e. The molecule has 154 valence electrons. The van der Waals surface area contributed by atoms with Crippen molar-refractivity contribution in [3.05, 3.63) is 51.0 Å². The first-order valence-electron chi connectivity index (χ1n) is 10.4. The Morgan fingerprint density at radius 1 is 1.24 bits per heavy atom. The summed E-state index contributed by atoms with van der Waals surface area (Å²) in [4.78, 5) is 13.0. The van der Waals surface area contributed by atoms with Gasteiger partial charge in [0.05, 0.1) is 13.2 Å². The minimum absolute atomic E-state index is 0.0348. The Morgan fingerprint density at radius 3 is 2.76 bits per heavy atom. The van der Waals surface area contributed by atoms with Crippen molar-refractivity contribution in [1.82, 2.24) is 4.90 Å². The molecule has 2 fully saturated rings. The highest BCUT2D eigenvalue weighted by Gasteiger charge is 2.46. The number of rotatable bonds is 4. The topological polar surface area (TPSA) is 49.8 Å². The number of carboxylic acid groups (broad SMARTS) is 1. The highest BCUT2D eigenvalue weighted by molar-refractivity contribution is 6.36. The molecule has 2 heterocycles. The molecule has 0 aromatic heterocycles. The normalized spacial score (nSPS) is 28.1. The lowest BCUT2D eigenvalue weighted by Crippen LogP contribution is -2.45. The van der Waals surface area contributed by atoms with Crippen molar-refractivity contribution in [2.45, 2.75) is 43.4 Å². The number of hydrogen-bond donors (Lipinski definition) is 1. The van der Waals surface area contributed by atoms with Crippen LogP contribution in [-0.2, 0) is 10.2 Å². The Kier molecular flexibility index (Phi) is 4.92. The third kappa shape index (κ3) is 3.49. The van der Waals surface area contributed by atoms with Gasteiger partial charge in [-0.3, -0.25) is 9.69 Å². The van der Waals surface area contributed by atoms with E-state index in [-0.39, 0.29) is 12.0 Å². The number of carbonyl (C=O) groups is 1. The molecule has 1 spiro atoms. The monoisotopic (exact) mass is 433 g/mol. The number of nitrogens with zero attached hydrogens (tertiary/aromatic N) is 1. The summed E-state index contributed by atoms with van der Waals surface area (Å²) in [6.45, 7) is 2.44. The second-order valence-electron chi connectivity index (χ2n) is 8.85. The second-order valence-corrected chi connectivity index (χ2v) is 9.72. The maximum atomic E-state index is 11.0. The van der Waals surface area contributed by atoms with Gasteiger partial charge < -0.3 is 9.84 Å². The molecule has 0 bridgehead atoms. The highest BCUT2D eigenvalue weighted by atomic mass is 35.5. The number of ether oxygens (including phenoxy) is 1. The van der Waals surface area contributed by atoms with E-state index in [0.29, 0.717) is 18.4 Å². The number of fused-ring (bicyclic) bond motifs is 2. The van der Waals surface area contributed by atoms with E-state index in [0.717, 1.165) is 66.6 Å². The molecule has 0 radical (unpaired) electrons. The van der Waals surface area contributed by atoms with Gasteiger partial charge in [-0.15, -0.1) is 0 Å². The van der Waals surface area contributed by atoms with Gasteiger partial charge in [-0.05, 0) is 74.2 Å². The van der Waals surface area contributed by atoms with Crippen LogP contribution < -0.4 is 4.74 Å². The summed E-state index contributed by atoms with van der Waals surface area (Å²) in [6, 6.07) is 6.71. The zero-order valence-corrected chi connectivity index (χ0v) is 17.8. The van der Waals surface area contributed by atoms with Gasteiger partial charge in [-0.2, -0.15) is 0 Å². The fraction of sp³-hybridized carbons (Fsp3) is 0.522. The largest absolute Gasteiger partial charge is 0.492 e. The number of allylic oxidation sites excluding steroid dienone is 4. The maximum Gasteiger partial charge on any atom is 0.317 e. The van der Waals surface area contributed by atoms with E-state index < -0.39 is 5.97 Å². The van der Waals surface area contributed by atoms with Crippen molar-refractivity contribution < 1.29 is 14.6 Å². The summed E-state index contributed by atoms with van der Waals surface area (Å²) in [5, 5.41) is 10.8. The van der Waals surface area contributed by atoms with Gasteiger partial charge >= 0.3 is 5.97 Å². The highest BCUT2D eigenvalue weighted by Crippen LogP contribution is 2.57. The standard InChI is InChI=1S/C23H25Cl2NO3/c24-18-2-1-3-19(25)22(18)16-11-15(16)14-4-5-17-20(10-14)29-13-23(17)6-8-26(9-7-23)12-21(27)28/h2,4-5,10,15-16H,1,3,6-9,11-13H2,(H,27,28). The van der Waals surface area contributed by atoms with Crippen molar-refractivity contribution in [3.8, 4) is 5.75 Å². The SMILES string of the molecule is O=C(O)CN1CCC2(CC1)COc1cc(C3CC3C3=C(Cl)CCC=C3Cl)ccc12. The van der Waals surface area contributed by atoms with E-state index in [1.54, 1.807) is 0 Å². The number of carboxylic acids is 1. The van der Waals surface area contributed by atoms with Crippen molar-refractivity contribution >= 4 is 29.2 Å². The molecule has 1 N–H and O–H groups in total. The van der Waals surface area contributed by atoms with E-state index >= 15 is 0 Å². The Morgan fingerprint density at radius 2 is 2.03 bits per heavy atom. The van der Waals surface area contributed by atoms with E-state index in [4.69, 9.17) is 33.0 Å². The van der Waals surface area contributed by atoms with E-state index in [1.807, 2.05) is 4.90 Å². The van der Waals surface area contributed by atoms with Crippen LogP contribution in [0.1, 0.15) is 49.1 Å². The fourth-order valence-electron chi connectivity index (χ4n) is 5.33. The molecule has 5 rings (SSSR count). The number of aliphatic carboxylic acids is 1. The van der Waals surface area contributed by atoms with Crippen molar-refractivity contribution in [3.63, 3.8) is 0 Å². The lowest BCUT2D eigenvalue weighted by Gasteiger charge is -2.37. The van der Waals surface area contributed by atoms with Crippen molar-refractivity contribution in [2.75, 3.05) is 26.2 Å². The summed E-state index contributed by atoms with van der Waals surface area (Å²) in [5.41, 5.74) is 3.78. The lowest BCUT2D eigenvalue weighted by atomic mass is 9.74. The van der Waals surface area contributed by atoms with Crippen LogP contribution >= 0.6 is 23.2 Å². The van der Waals surface area contributed by atoms with Crippen molar-refractivity contribution in [1.29, 1.82) is 0 Å². The molecule has 2 unspecified atom stereocenters. The fourth-order valence-corrected chi connectivity index (χ4v) is 6.09. The molecule has 6 heteroatoms. The Balaban J connectivity index is 1.31. The molecular weight excluding hydrogens is 409 g/mol. The van der Waals surface area contributed by atoms with Crippen molar-refractivity contribution in [2.24, 2.45) is 5.92 Å². The predicted molar refractivity (Wildman–Crippen MR) is 114 cm³/mol. The van der Waals surface area contributed by atoms with Crippen LogP contribution in [0.25, 0.3) is 0 Å². The van der Waals surface area contributed by atoms with Crippen LogP contribution in [0.4, 0.5) is 0 Å². The third-order valence-corrected chi connectivity index (χ3v) is 7.83. The van der Waals surface area contributed by atoms with E-state index in [1.165, 1.54) is 11.1 Å². The summed E-state index contributed by atoms with van der Waals surface area (Å²) in [7, 11) is 0. The Bertz CT molecular complexity index is 915. The van der Waals surface area contributed by atoms with Crippen LogP contribution in [0, 0.1) is 5.92 Å². The molecular formula is C23H25Cl2NO3. The first kappa shape index (κ1) is 19.5. The second kappa shape index (κ2) is 7.33. The van der Waals surface area contributed by atoms with Gasteiger partial charge in [0.2, 0.25) is 0 Å². The Hall–Kier alpha value is -1.49. The van der Waals surface area contributed by atoms with Crippen LogP contribution in [-0.4, -0.2) is 42.2 Å². The van der Waals surface area contributed by atoms with E-state index in [2.05, 4.69) is 24.3 Å². The van der Waals surface area contributed by atoms with Gasteiger partial charge in [0.15, 0.2) is 0 Å². The molecule has 2 aliphatic carbocycles. The first-order chi connectivity index (χ1) is 14.0. The number of piperidine rings is 1. The summed E-state index contributed by atoms with van der Waals surface area (Å²) >= 11 is 12.9. The van der Waals surface area contributed by atoms with Crippen LogP contribution in [0.15, 0.2) is 39.9 Å². The van der Waals surface area contributed by atoms with Crippen LogP contribution in [0.2, 0.25) is 0 Å². The van der Waals surface area contributed by atoms with E-state index in [9.17, 15) is 4.79 Å². The number of likely N-dealkylation sites (tertiary alicyclic amines) is 1. The third-order valence-electron chi connectivity index (χ3n) is 7.08. The first-order valence-corrected chi connectivity index (χ1v) is 11.2. The van der Waals surface area contributed by atoms with Gasteiger partial charge in [0, 0.05) is 21.0 Å². The van der Waals surface area contributed by atoms with Gasteiger partial charge in [0.1, 0.15) is 5.75 Å². The maximum absolute atomic E-state index is 11.0. The molecule has 2 atom stereocenters. The number of hydrogen-bond acceptors (Lipinski definition) is 3. The lowest BCUT2D eigenvalue weighted by molar-refractivity contribution is -0.138. The molecule has 1 aromatic carbocycles. The van der Waals surface area contributed by atoms with Gasteiger partial charge in [0.25, 0.3) is 0 Å². The van der Waals surface area contributed by atoms with Crippen LogP contribution in [0.5, 0.6) is 5.75 Å². The molecule has 1 aromatic rings.